The lowest BCUT2D eigenvalue weighted by Gasteiger charge is -2.13. The summed E-state index contributed by atoms with van der Waals surface area (Å²) in [5, 5.41) is 4.20. The van der Waals surface area contributed by atoms with E-state index in [0.29, 0.717) is 35.2 Å². The number of rotatable bonds is 6. The first-order valence-corrected chi connectivity index (χ1v) is 10.1. The Hall–Kier alpha value is -3.93. The van der Waals surface area contributed by atoms with Crippen LogP contribution < -0.4 is 15.6 Å². The molecule has 0 saturated carbocycles. The van der Waals surface area contributed by atoms with E-state index < -0.39 is 0 Å². The second-order valence-corrected chi connectivity index (χ2v) is 7.24. The molecule has 0 aliphatic carbocycles. The van der Waals surface area contributed by atoms with Crippen molar-refractivity contribution in [2.24, 2.45) is 0 Å². The van der Waals surface area contributed by atoms with Crippen molar-refractivity contribution >= 4 is 22.4 Å². The van der Waals surface area contributed by atoms with Crippen LogP contribution in [0.25, 0.3) is 10.8 Å². The van der Waals surface area contributed by atoms with Crippen LogP contribution >= 0.6 is 0 Å². The van der Waals surface area contributed by atoms with Crippen molar-refractivity contribution in [3.63, 3.8) is 0 Å². The van der Waals surface area contributed by atoms with Crippen LogP contribution in [0.4, 0.5) is 5.69 Å². The number of ether oxygens (including phenoxy) is 1. The summed E-state index contributed by atoms with van der Waals surface area (Å²) in [6.45, 7) is 4.79. The molecule has 0 saturated heterocycles. The Morgan fingerprint density at radius 1 is 1.10 bits per heavy atom. The lowest BCUT2D eigenvalue weighted by atomic mass is 10.1. The second kappa shape index (κ2) is 8.83. The highest BCUT2D eigenvalue weighted by molar-refractivity contribution is 6.09. The average molecular weight is 413 g/mol. The minimum atomic E-state index is -0.229. The van der Waals surface area contributed by atoms with Crippen LogP contribution in [0.2, 0.25) is 0 Å². The number of hydrogen-bond acceptors (Lipinski definition) is 4. The molecule has 0 unspecified atom stereocenters. The number of amides is 1. The van der Waals surface area contributed by atoms with Gasteiger partial charge in [0.2, 0.25) is 0 Å². The predicted molar refractivity (Wildman–Crippen MR) is 122 cm³/mol. The normalized spacial score (nSPS) is 10.8. The van der Waals surface area contributed by atoms with Gasteiger partial charge in [-0.25, -0.2) is 0 Å². The molecule has 4 aromatic rings. The molecule has 6 heteroatoms. The van der Waals surface area contributed by atoms with Gasteiger partial charge in [0.1, 0.15) is 5.75 Å². The molecule has 31 heavy (non-hydrogen) atoms. The minimum absolute atomic E-state index is 0.116. The first kappa shape index (κ1) is 20.3. The molecule has 0 radical (unpaired) electrons. The number of nitrogens with zero attached hydrogens (tertiary/aromatic N) is 2. The number of carbonyl (C=O) groups excluding carboxylic acids is 1. The van der Waals surface area contributed by atoms with Crippen LogP contribution in [-0.2, 0) is 6.54 Å². The monoisotopic (exact) mass is 413 g/mol. The van der Waals surface area contributed by atoms with Gasteiger partial charge >= 0.3 is 0 Å². The van der Waals surface area contributed by atoms with Gasteiger partial charge in [-0.2, -0.15) is 0 Å². The summed E-state index contributed by atoms with van der Waals surface area (Å²) in [5.74, 6) is 0.503. The Morgan fingerprint density at radius 2 is 1.97 bits per heavy atom. The van der Waals surface area contributed by atoms with Crippen molar-refractivity contribution < 1.29 is 9.53 Å². The number of hydrogen-bond donors (Lipinski definition) is 1. The van der Waals surface area contributed by atoms with E-state index in [9.17, 15) is 9.59 Å². The molecule has 1 amide bonds. The van der Waals surface area contributed by atoms with Crippen molar-refractivity contribution in [1.82, 2.24) is 9.55 Å². The fourth-order valence-electron chi connectivity index (χ4n) is 3.58. The summed E-state index contributed by atoms with van der Waals surface area (Å²) in [6, 6.07) is 16.4. The maximum Gasteiger partial charge on any atom is 0.258 e. The molecule has 4 rings (SSSR count). The van der Waals surface area contributed by atoms with Crippen molar-refractivity contribution in [2.75, 3.05) is 11.9 Å². The molecule has 0 atom stereocenters. The minimum Gasteiger partial charge on any atom is -0.494 e. The topological polar surface area (TPSA) is 73.2 Å². The van der Waals surface area contributed by atoms with E-state index in [-0.39, 0.29) is 11.5 Å². The van der Waals surface area contributed by atoms with Crippen molar-refractivity contribution in [3.8, 4) is 5.75 Å². The van der Waals surface area contributed by atoms with E-state index in [1.54, 1.807) is 53.5 Å². The Bertz CT molecular complexity index is 1300. The molecular formula is C25H23N3O3. The van der Waals surface area contributed by atoms with Gasteiger partial charge < -0.3 is 14.6 Å². The number of aryl methyl sites for hydroxylation is 1. The first-order chi connectivity index (χ1) is 15.1. The number of carbonyl (C=O) groups is 1. The van der Waals surface area contributed by atoms with Crippen molar-refractivity contribution in [3.05, 3.63) is 100 Å². The predicted octanol–water partition coefficient (Wildman–Crippen LogP) is 4.40. The van der Waals surface area contributed by atoms with Gasteiger partial charge in [-0.05, 0) is 67.4 Å². The fourth-order valence-corrected chi connectivity index (χ4v) is 3.58. The van der Waals surface area contributed by atoms with Crippen molar-refractivity contribution in [1.29, 1.82) is 0 Å². The third-order valence-electron chi connectivity index (χ3n) is 5.10. The summed E-state index contributed by atoms with van der Waals surface area (Å²) in [6.07, 6.45) is 5.19. The van der Waals surface area contributed by atoms with Gasteiger partial charge in [0, 0.05) is 40.6 Å². The largest absolute Gasteiger partial charge is 0.494 e. The third kappa shape index (κ3) is 4.33. The number of nitrogens with one attached hydrogen (secondary N) is 1. The average Bonchev–Trinajstić information content (AvgIpc) is 2.77. The van der Waals surface area contributed by atoms with E-state index >= 15 is 0 Å². The lowest BCUT2D eigenvalue weighted by Crippen LogP contribution is -2.21. The van der Waals surface area contributed by atoms with Crippen LogP contribution in [0.1, 0.15) is 28.4 Å². The fraction of sp³-hybridized carbons (Fsp3) is 0.160. The molecule has 156 valence electrons. The van der Waals surface area contributed by atoms with E-state index in [1.165, 1.54) is 0 Å². The van der Waals surface area contributed by atoms with E-state index in [1.807, 2.05) is 38.1 Å². The maximum atomic E-state index is 13.0. The highest BCUT2D eigenvalue weighted by atomic mass is 16.5. The van der Waals surface area contributed by atoms with E-state index in [0.717, 1.165) is 16.9 Å². The molecule has 0 bridgehead atoms. The van der Waals surface area contributed by atoms with Gasteiger partial charge in [-0.1, -0.05) is 12.1 Å². The summed E-state index contributed by atoms with van der Waals surface area (Å²) in [4.78, 5) is 30.0. The molecule has 2 heterocycles. The standard InChI is InChI=1S/C25H23N3O3/c1-3-31-19-9-10-20(17(2)14-19)24(29)27-23-8-4-7-22-21(23)11-13-28(25(22)30)16-18-6-5-12-26-15-18/h4-15H,3,16H2,1-2H3,(H,27,29). The molecule has 6 nitrogen and oxygen atoms in total. The first-order valence-electron chi connectivity index (χ1n) is 10.1. The van der Waals surface area contributed by atoms with E-state index in [4.69, 9.17) is 4.74 Å². The van der Waals surface area contributed by atoms with Crippen molar-refractivity contribution in [2.45, 2.75) is 20.4 Å². The number of anilines is 1. The zero-order valence-electron chi connectivity index (χ0n) is 17.5. The summed E-state index contributed by atoms with van der Waals surface area (Å²) < 4.78 is 7.13. The highest BCUT2D eigenvalue weighted by Gasteiger charge is 2.13. The number of benzene rings is 2. The molecule has 0 aliphatic heterocycles. The van der Waals surface area contributed by atoms with Gasteiger partial charge in [0.25, 0.3) is 11.5 Å². The van der Waals surface area contributed by atoms with Gasteiger partial charge in [0.05, 0.1) is 13.2 Å². The Balaban J connectivity index is 1.63. The lowest BCUT2D eigenvalue weighted by molar-refractivity contribution is 0.102. The molecule has 2 aromatic heterocycles. The number of fused-ring (bicyclic) bond motifs is 1. The van der Waals surface area contributed by atoms with Crippen LogP contribution in [0.15, 0.2) is 78.0 Å². The molecule has 0 spiro atoms. The van der Waals surface area contributed by atoms with Gasteiger partial charge in [-0.3, -0.25) is 14.6 Å². The molecular weight excluding hydrogens is 390 g/mol. The van der Waals surface area contributed by atoms with E-state index in [2.05, 4.69) is 10.3 Å². The van der Waals surface area contributed by atoms with Gasteiger partial charge in [0.15, 0.2) is 0 Å². The summed E-state index contributed by atoms with van der Waals surface area (Å²) in [7, 11) is 0. The molecule has 0 fully saturated rings. The maximum absolute atomic E-state index is 13.0. The van der Waals surface area contributed by atoms with Crippen LogP contribution in [-0.4, -0.2) is 22.1 Å². The SMILES string of the molecule is CCOc1ccc(C(=O)Nc2cccc3c(=O)n(Cc4cccnc4)ccc23)c(C)c1. The molecule has 1 N–H and O–H groups in total. The smallest absolute Gasteiger partial charge is 0.258 e. The Morgan fingerprint density at radius 3 is 2.71 bits per heavy atom. The summed E-state index contributed by atoms with van der Waals surface area (Å²) >= 11 is 0. The number of aromatic nitrogens is 2. The zero-order chi connectivity index (χ0) is 21.8. The Labute approximate surface area is 180 Å². The highest BCUT2D eigenvalue weighted by Crippen LogP contribution is 2.23. The number of pyridine rings is 2. The molecule has 2 aromatic carbocycles. The molecule has 0 aliphatic rings. The zero-order valence-corrected chi connectivity index (χ0v) is 17.5. The van der Waals surface area contributed by atoms with Crippen LogP contribution in [0.3, 0.4) is 0 Å². The van der Waals surface area contributed by atoms with Crippen LogP contribution in [0, 0.1) is 6.92 Å². The third-order valence-corrected chi connectivity index (χ3v) is 5.10. The quantitative estimate of drug-likeness (QED) is 0.508. The van der Waals surface area contributed by atoms with Gasteiger partial charge in [-0.15, -0.1) is 0 Å². The second-order valence-electron chi connectivity index (χ2n) is 7.24. The summed E-state index contributed by atoms with van der Waals surface area (Å²) in [5.41, 5.74) is 2.81. The Kier molecular flexibility index (Phi) is 5.80. The van der Waals surface area contributed by atoms with Crippen LogP contribution in [0.5, 0.6) is 5.75 Å².